The van der Waals surface area contributed by atoms with E-state index in [1.165, 1.54) is 0 Å². The van der Waals surface area contributed by atoms with E-state index in [0.29, 0.717) is 65.0 Å². The van der Waals surface area contributed by atoms with Crippen LogP contribution >= 0.6 is 23.2 Å². The van der Waals surface area contributed by atoms with Gasteiger partial charge in [0, 0.05) is 36.6 Å². The molecule has 1 amide bonds. The quantitative estimate of drug-likeness (QED) is 0.315. The molecule has 5 aromatic rings. The number of nitrogens with zero attached hydrogens (tertiary/aromatic N) is 6. The van der Waals surface area contributed by atoms with Crippen LogP contribution < -0.4 is 9.64 Å². The average molecular weight is 533 g/mol. The highest BCUT2D eigenvalue weighted by Gasteiger charge is 2.27. The van der Waals surface area contributed by atoms with Crippen LogP contribution in [0.15, 0.2) is 66.7 Å². The summed E-state index contributed by atoms with van der Waals surface area (Å²) >= 11 is 12.6. The lowest BCUT2D eigenvalue weighted by Gasteiger charge is -2.35. The SMILES string of the molecule is COc1ccccc1-c1nnc2c3ccc(Cl)cc3nc(N3CCN(C(=O)c4ccccc4Cl)CC3)n12. The number of hydrogen-bond acceptors (Lipinski definition) is 6. The van der Waals surface area contributed by atoms with E-state index >= 15 is 0 Å². The van der Waals surface area contributed by atoms with Crippen LogP contribution in [-0.4, -0.2) is 63.7 Å². The van der Waals surface area contributed by atoms with Crippen molar-refractivity contribution >= 4 is 51.6 Å². The number of para-hydroxylation sites is 1. The second-order valence-corrected chi connectivity index (χ2v) is 9.56. The normalized spacial score (nSPS) is 13.9. The maximum Gasteiger partial charge on any atom is 0.255 e. The average Bonchev–Trinajstić information content (AvgIpc) is 3.37. The largest absolute Gasteiger partial charge is 0.496 e. The summed E-state index contributed by atoms with van der Waals surface area (Å²) in [5, 5.41) is 11.0. The molecule has 1 aliphatic rings. The van der Waals surface area contributed by atoms with Gasteiger partial charge < -0.3 is 14.5 Å². The number of halogens is 2. The van der Waals surface area contributed by atoms with E-state index in [4.69, 9.17) is 32.9 Å². The van der Waals surface area contributed by atoms with Crippen LogP contribution in [0.25, 0.3) is 27.9 Å². The van der Waals surface area contributed by atoms with Crippen LogP contribution in [0, 0.1) is 0 Å². The third-order valence-electron chi connectivity index (χ3n) is 6.59. The molecule has 0 spiro atoms. The highest BCUT2D eigenvalue weighted by molar-refractivity contribution is 6.33. The van der Waals surface area contributed by atoms with Gasteiger partial charge in [0.25, 0.3) is 5.91 Å². The van der Waals surface area contributed by atoms with Gasteiger partial charge in [-0.3, -0.25) is 4.79 Å². The molecule has 3 aromatic carbocycles. The first-order valence-electron chi connectivity index (χ1n) is 11.8. The molecule has 0 bridgehead atoms. The summed E-state index contributed by atoms with van der Waals surface area (Å²) in [6.45, 7) is 2.20. The minimum atomic E-state index is -0.0762. The van der Waals surface area contributed by atoms with Crippen molar-refractivity contribution in [1.29, 1.82) is 0 Å². The second kappa shape index (κ2) is 9.53. The number of hydrogen-bond donors (Lipinski definition) is 0. The number of anilines is 1. The van der Waals surface area contributed by atoms with E-state index in [2.05, 4.69) is 15.1 Å². The van der Waals surface area contributed by atoms with Crippen molar-refractivity contribution in [2.45, 2.75) is 0 Å². The van der Waals surface area contributed by atoms with Crippen molar-refractivity contribution in [3.8, 4) is 17.1 Å². The lowest BCUT2D eigenvalue weighted by molar-refractivity contribution is 0.0746. The molecule has 1 fully saturated rings. The van der Waals surface area contributed by atoms with Gasteiger partial charge in [0.2, 0.25) is 5.95 Å². The van der Waals surface area contributed by atoms with Gasteiger partial charge in [0.05, 0.1) is 28.8 Å². The molecule has 0 atom stereocenters. The topological polar surface area (TPSA) is 75.9 Å². The summed E-state index contributed by atoms with van der Waals surface area (Å²) in [5.41, 5.74) is 2.72. The zero-order chi connectivity index (χ0) is 25.5. The lowest BCUT2D eigenvalue weighted by atomic mass is 10.1. The van der Waals surface area contributed by atoms with Crippen LogP contribution in [0.4, 0.5) is 5.95 Å². The Bertz CT molecular complexity index is 1650. The third kappa shape index (κ3) is 4.12. The van der Waals surface area contributed by atoms with Gasteiger partial charge in [-0.05, 0) is 42.5 Å². The van der Waals surface area contributed by atoms with Crippen molar-refractivity contribution in [2.24, 2.45) is 0 Å². The van der Waals surface area contributed by atoms with Crippen molar-refractivity contribution in [3.63, 3.8) is 0 Å². The first kappa shape index (κ1) is 23.5. The predicted octanol–water partition coefficient (Wildman–Crippen LogP) is 5.22. The Kier molecular flexibility index (Phi) is 6.06. The van der Waals surface area contributed by atoms with Gasteiger partial charge in [-0.2, -0.15) is 0 Å². The molecule has 0 unspecified atom stereocenters. The Hall–Kier alpha value is -3.88. The molecular weight excluding hydrogens is 511 g/mol. The maximum absolute atomic E-state index is 13.1. The maximum atomic E-state index is 13.1. The molecule has 3 heterocycles. The van der Waals surface area contributed by atoms with Crippen LogP contribution in [-0.2, 0) is 0 Å². The molecule has 0 saturated carbocycles. The number of carbonyl (C=O) groups excluding carboxylic acids is 1. The summed E-state index contributed by atoms with van der Waals surface area (Å²) < 4.78 is 7.57. The molecule has 8 nitrogen and oxygen atoms in total. The number of methoxy groups -OCH3 is 1. The molecule has 37 heavy (non-hydrogen) atoms. The van der Waals surface area contributed by atoms with Gasteiger partial charge in [0.15, 0.2) is 11.5 Å². The molecule has 0 radical (unpaired) electrons. The molecule has 0 N–H and O–H groups in total. The standard InChI is InChI=1S/C27H22Cl2N6O2/c1-37-23-9-5-3-7-20(23)25-32-31-24-19-11-10-17(28)16-22(19)30-27(35(24)25)34-14-12-33(13-15-34)26(36)18-6-2-4-8-21(18)29/h2-11,16H,12-15H2,1H3. The summed E-state index contributed by atoms with van der Waals surface area (Å²) in [6.07, 6.45) is 0. The molecule has 6 rings (SSSR count). The Morgan fingerprint density at radius 3 is 2.46 bits per heavy atom. The summed E-state index contributed by atoms with van der Waals surface area (Å²) in [5.74, 6) is 1.92. The molecular formula is C27H22Cl2N6O2. The number of piperazine rings is 1. The van der Waals surface area contributed by atoms with Gasteiger partial charge in [-0.15, -0.1) is 10.2 Å². The van der Waals surface area contributed by atoms with E-state index in [9.17, 15) is 4.79 Å². The highest BCUT2D eigenvalue weighted by Crippen LogP contribution is 2.34. The fourth-order valence-corrected chi connectivity index (χ4v) is 5.11. The number of amides is 1. The van der Waals surface area contributed by atoms with Gasteiger partial charge in [-0.25, -0.2) is 9.38 Å². The number of benzene rings is 3. The number of carbonyl (C=O) groups is 1. The molecule has 10 heteroatoms. The van der Waals surface area contributed by atoms with Crippen molar-refractivity contribution < 1.29 is 9.53 Å². The van der Waals surface area contributed by atoms with E-state index in [1.807, 2.05) is 63.9 Å². The van der Waals surface area contributed by atoms with E-state index in [-0.39, 0.29) is 5.91 Å². The van der Waals surface area contributed by atoms with Gasteiger partial charge >= 0.3 is 0 Å². The first-order chi connectivity index (χ1) is 18.0. The van der Waals surface area contributed by atoms with Gasteiger partial charge in [-0.1, -0.05) is 47.5 Å². The smallest absolute Gasteiger partial charge is 0.255 e. The molecule has 2 aromatic heterocycles. The minimum absolute atomic E-state index is 0.0762. The van der Waals surface area contributed by atoms with E-state index < -0.39 is 0 Å². The van der Waals surface area contributed by atoms with Crippen molar-refractivity contribution in [2.75, 3.05) is 38.2 Å². The highest BCUT2D eigenvalue weighted by atomic mass is 35.5. The van der Waals surface area contributed by atoms with Gasteiger partial charge in [0.1, 0.15) is 5.75 Å². The van der Waals surface area contributed by atoms with Crippen LogP contribution in [0.3, 0.4) is 0 Å². The zero-order valence-electron chi connectivity index (χ0n) is 19.9. The van der Waals surface area contributed by atoms with Crippen LogP contribution in [0.2, 0.25) is 10.0 Å². The number of fused-ring (bicyclic) bond motifs is 3. The predicted molar refractivity (Wildman–Crippen MR) is 145 cm³/mol. The van der Waals surface area contributed by atoms with Crippen molar-refractivity contribution in [3.05, 3.63) is 82.3 Å². The molecule has 1 aliphatic heterocycles. The Balaban J connectivity index is 1.42. The fourth-order valence-electron chi connectivity index (χ4n) is 4.72. The van der Waals surface area contributed by atoms with E-state index in [1.54, 1.807) is 19.2 Å². The monoisotopic (exact) mass is 532 g/mol. The summed E-state index contributed by atoms with van der Waals surface area (Å²) in [4.78, 5) is 22.1. The number of aromatic nitrogens is 4. The Morgan fingerprint density at radius 1 is 0.919 bits per heavy atom. The Labute approximate surface area is 223 Å². The number of ether oxygens (including phenoxy) is 1. The molecule has 1 saturated heterocycles. The lowest BCUT2D eigenvalue weighted by Crippen LogP contribution is -2.49. The summed E-state index contributed by atoms with van der Waals surface area (Å²) in [6, 6.07) is 20.4. The number of rotatable bonds is 4. The second-order valence-electron chi connectivity index (χ2n) is 8.72. The minimum Gasteiger partial charge on any atom is -0.496 e. The molecule has 186 valence electrons. The van der Waals surface area contributed by atoms with Crippen LogP contribution in [0.5, 0.6) is 5.75 Å². The Morgan fingerprint density at radius 2 is 1.68 bits per heavy atom. The zero-order valence-corrected chi connectivity index (χ0v) is 21.4. The molecule has 0 aliphatic carbocycles. The van der Waals surface area contributed by atoms with Crippen molar-refractivity contribution in [1.82, 2.24) is 24.5 Å². The third-order valence-corrected chi connectivity index (χ3v) is 7.15. The fraction of sp³-hybridized carbons (Fsp3) is 0.185. The summed E-state index contributed by atoms with van der Waals surface area (Å²) in [7, 11) is 1.63. The van der Waals surface area contributed by atoms with Crippen LogP contribution in [0.1, 0.15) is 10.4 Å². The van der Waals surface area contributed by atoms with E-state index in [0.717, 1.165) is 16.5 Å². The first-order valence-corrected chi connectivity index (χ1v) is 12.6.